The summed E-state index contributed by atoms with van der Waals surface area (Å²) in [5.74, 6) is 0. The summed E-state index contributed by atoms with van der Waals surface area (Å²) in [6.45, 7) is -3.72. The van der Waals surface area contributed by atoms with Crippen LogP contribution in [0.5, 0.6) is 0 Å². The zero-order valence-corrected chi connectivity index (χ0v) is 34.9. The van der Waals surface area contributed by atoms with E-state index in [0.29, 0.717) is 12.1 Å². The number of hydrogen-bond acceptors (Lipinski definition) is 25. The molecule has 2 aliphatic heterocycles. The van der Waals surface area contributed by atoms with Crippen LogP contribution in [0.25, 0.3) is 0 Å². The molecule has 42 heteroatoms. The molecule has 7 N–H and O–H groups in total. The first-order chi connectivity index (χ1) is 27.2. The third-order valence-corrected chi connectivity index (χ3v) is 11.1. The van der Waals surface area contributed by atoms with Gasteiger partial charge in [0.15, 0.2) is 12.4 Å². The smallest absolute Gasteiger partial charge is 0.356 e. The molecule has 0 spiro atoms. The highest BCUT2D eigenvalue weighted by Crippen LogP contribution is 2.42. The Morgan fingerprint density at radius 2 is 0.918 bits per heavy atom. The molecule has 2 saturated heterocycles. The van der Waals surface area contributed by atoms with E-state index in [0.717, 1.165) is 12.1 Å². The van der Waals surface area contributed by atoms with Crippen molar-refractivity contribution in [1.82, 2.24) is 0 Å². The SMILES string of the molecule is O=S(=O)(O)OC[C@H]1O[C@@H](Sc2cccc(C(F)(F)F)c2)[C@H](OS(=O)(=O)O)[C@@H](OS(=O)(=O)O)[C@@H]1O[C@H]1O[C@H](COS(=O)(=O)O)[C@@H](OS(=O)(=O)O)[C@H](OS(=O)(=O)O)[C@H]1OS(=O)(=O)O. The van der Waals surface area contributed by atoms with E-state index in [1.807, 2.05) is 0 Å². The molecule has 0 bridgehead atoms. The van der Waals surface area contributed by atoms with Gasteiger partial charge >= 0.3 is 79.0 Å². The second-order valence-electron chi connectivity index (χ2n) is 11.2. The molecule has 31 nitrogen and oxygen atoms in total. The summed E-state index contributed by atoms with van der Waals surface area (Å²) in [5, 5.41) is 0. The van der Waals surface area contributed by atoms with Crippen LogP contribution in [0.4, 0.5) is 13.2 Å². The number of thioether (sulfide) groups is 1. The lowest BCUT2D eigenvalue weighted by Crippen LogP contribution is -2.66. The summed E-state index contributed by atoms with van der Waals surface area (Å²) in [5.41, 5.74) is -3.90. The lowest BCUT2D eigenvalue weighted by Gasteiger charge is -2.48. The largest absolute Gasteiger partial charge is 0.416 e. The molecule has 0 radical (unpaired) electrons. The van der Waals surface area contributed by atoms with Gasteiger partial charge in [-0.25, -0.2) is 29.3 Å². The third kappa shape index (κ3) is 18.8. The van der Waals surface area contributed by atoms with Gasteiger partial charge in [-0.2, -0.15) is 72.1 Å². The maximum absolute atomic E-state index is 13.5. The molecule has 2 heterocycles. The fourth-order valence-electron chi connectivity index (χ4n) is 4.98. The molecule has 0 amide bonds. The molecule has 3 rings (SSSR count). The molecule has 10 atom stereocenters. The van der Waals surface area contributed by atoms with Crippen LogP contribution in [0.15, 0.2) is 29.2 Å². The second kappa shape index (κ2) is 19.4. The first-order valence-corrected chi connectivity index (χ1v) is 24.9. The van der Waals surface area contributed by atoms with Crippen molar-refractivity contribution < 1.29 is 147 Å². The van der Waals surface area contributed by atoms with Gasteiger partial charge in [-0.05, 0) is 18.2 Å². The van der Waals surface area contributed by atoms with E-state index in [1.54, 1.807) is 0 Å². The summed E-state index contributed by atoms with van der Waals surface area (Å²) in [7, 11) is -42.0. The predicted octanol–water partition coefficient (Wildman–Crippen LogP) is -2.79. The number of halogens is 3. The van der Waals surface area contributed by atoms with Crippen LogP contribution in [0, 0.1) is 0 Å². The van der Waals surface area contributed by atoms with Crippen molar-refractivity contribution in [3.05, 3.63) is 29.8 Å². The van der Waals surface area contributed by atoms with Crippen molar-refractivity contribution in [2.75, 3.05) is 13.2 Å². The van der Waals surface area contributed by atoms with Crippen molar-refractivity contribution >= 4 is 84.6 Å². The molecular weight excluding hydrogens is 1040 g/mol. The molecule has 1 aromatic rings. The normalized spacial score (nSPS) is 29.0. The Morgan fingerprint density at radius 1 is 0.525 bits per heavy atom. The molecule has 2 aliphatic rings. The highest BCUT2D eigenvalue weighted by Gasteiger charge is 2.58. The molecule has 356 valence electrons. The first kappa shape index (κ1) is 53.7. The quantitative estimate of drug-likeness (QED) is 0.0649. The van der Waals surface area contributed by atoms with Crippen LogP contribution in [-0.4, -0.2) is 165 Å². The summed E-state index contributed by atoms with van der Waals surface area (Å²) >= 11 is -0.0907. The van der Waals surface area contributed by atoms with Gasteiger partial charge in [-0.15, -0.1) is 0 Å². The van der Waals surface area contributed by atoms with Crippen molar-refractivity contribution in [1.29, 1.82) is 0 Å². The minimum Gasteiger partial charge on any atom is -0.356 e. The number of hydrogen-bond donors (Lipinski definition) is 7. The molecule has 2 fully saturated rings. The number of ether oxygens (including phenoxy) is 3. The molecular formula is C19H25F3O31S8. The van der Waals surface area contributed by atoms with Crippen LogP contribution < -0.4 is 0 Å². The second-order valence-corrected chi connectivity index (χ2v) is 19.8. The highest BCUT2D eigenvalue weighted by molar-refractivity contribution is 7.99. The van der Waals surface area contributed by atoms with E-state index in [4.69, 9.17) is 18.8 Å². The van der Waals surface area contributed by atoms with Gasteiger partial charge in [0.25, 0.3) is 0 Å². The zero-order chi connectivity index (χ0) is 46.9. The summed E-state index contributed by atoms with van der Waals surface area (Å²) in [6.07, 6.45) is -32.9. The van der Waals surface area contributed by atoms with Gasteiger partial charge < -0.3 is 14.2 Å². The lowest BCUT2D eigenvalue weighted by atomic mass is 9.97. The van der Waals surface area contributed by atoms with Gasteiger partial charge in [0.1, 0.15) is 48.2 Å². The Kier molecular flexibility index (Phi) is 17.1. The average molecular weight is 1060 g/mol. The number of rotatable bonds is 20. The predicted molar refractivity (Wildman–Crippen MR) is 177 cm³/mol. The standard InChI is InChI=1S/C19H25F3O31S8/c20-19(21,22)7-2-1-3-8(4-7)54-18-16(53-61(41,42)43)13(50-58(32,33)34)11(9(47-18)5-44-55(23,24)25)48-17-15(52-60(38,39)40)14(51-59(35,36)37)12(49-57(29,30)31)10(46-17)6-45-56(26,27)28/h1-4,9-18H,5-6H2,(H,23,24,25)(H,26,27,28)(H,29,30,31)(H,32,33,34)(H,35,36,37)(H,38,39,40)(H,41,42,43)/t9-,10-,11-,12-,13+,14+,15-,16-,17-,18+/m1/s1. The van der Waals surface area contributed by atoms with E-state index < -0.39 is 163 Å². The third-order valence-electron chi connectivity index (χ3n) is 6.81. The molecule has 0 unspecified atom stereocenters. The number of alkyl halides is 3. The van der Waals surface area contributed by atoms with Gasteiger partial charge in [0.05, 0.1) is 18.8 Å². The Labute approximate surface area is 345 Å². The molecule has 1 aromatic carbocycles. The van der Waals surface area contributed by atoms with Crippen LogP contribution >= 0.6 is 11.8 Å². The van der Waals surface area contributed by atoms with Crippen LogP contribution in [0.3, 0.4) is 0 Å². The highest BCUT2D eigenvalue weighted by atomic mass is 32.3. The van der Waals surface area contributed by atoms with Crippen molar-refractivity contribution in [2.45, 2.75) is 71.6 Å². The zero-order valence-electron chi connectivity index (χ0n) is 28.3. The molecule has 0 saturated carbocycles. The van der Waals surface area contributed by atoms with Gasteiger partial charge in [0.2, 0.25) is 0 Å². The minimum absolute atomic E-state index is 0.0907. The van der Waals surface area contributed by atoms with Crippen molar-refractivity contribution in [3.8, 4) is 0 Å². The first-order valence-electron chi connectivity index (χ1n) is 14.5. The Bertz CT molecular complexity index is 2510. The lowest BCUT2D eigenvalue weighted by molar-refractivity contribution is -0.325. The average Bonchev–Trinajstić information content (AvgIpc) is 3.00. The van der Waals surface area contributed by atoms with E-state index in [2.05, 4.69) is 29.3 Å². The Morgan fingerprint density at radius 3 is 1.34 bits per heavy atom. The van der Waals surface area contributed by atoms with Gasteiger partial charge in [-0.3, -0.25) is 31.9 Å². The molecule has 61 heavy (non-hydrogen) atoms. The Balaban J connectivity index is 2.38. The molecule has 0 aromatic heterocycles. The van der Waals surface area contributed by atoms with Gasteiger partial charge in [-0.1, -0.05) is 17.8 Å². The summed E-state index contributed by atoms with van der Waals surface area (Å²) < 4.78 is 317. The monoisotopic (exact) mass is 1060 g/mol. The maximum atomic E-state index is 13.5. The van der Waals surface area contributed by atoms with Crippen molar-refractivity contribution in [2.24, 2.45) is 0 Å². The van der Waals surface area contributed by atoms with E-state index in [-0.39, 0.29) is 11.8 Å². The topological polar surface area (TPSA) is 473 Å². The summed E-state index contributed by atoms with van der Waals surface area (Å²) in [4.78, 5) is -0.614. The van der Waals surface area contributed by atoms with Crippen LogP contribution in [0.2, 0.25) is 0 Å². The Hall–Kier alpha value is -1.67. The van der Waals surface area contributed by atoms with E-state index in [1.165, 1.54) is 0 Å². The number of benzene rings is 1. The fourth-order valence-corrected chi connectivity index (χ4v) is 9.31. The summed E-state index contributed by atoms with van der Waals surface area (Å²) in [6, 6.07) is 2.43. The minimum atomic E-state index is -6.19. The molecule has 0 aliphatic carbocycles. The fraction of sp³-hybridized carbons (Fsp3) is 0.684. The maximum Gasteiger partial charge on any atom is 0.416 e. The van der Waals surface area contributed by atoms with Crippen molar-refractivity contribution in [3.63, 3.8) is 0 Å². The van der Waals surface area contributed by atoms with E-state index >= 15 is 0 Å². The van der Waals surface area contributed by atoms with Gasteiger partial charge in [0, 0.05) is 4.90 Å². The van der Waals surface area contributed by atoms with E-state index in [9.17, 15) is 99.4 Å². The van der Waals surface area contributed by atoms with Crippen LogP contribution in [0.1, 0.15) is 5.56 Å². The van der Waals surface area contributed by atoms with Crippen LogP contribution in [-0.2, 0) is 122 Å².